The summed E-state index contributed by atoms with van der Waals surface area (Å²) >= 11 is 0. The minimum Gasteiger partial charge on any atom is -0.348 e. The largest absolute Gasteiger partial charge is 0.348 e. The van der Waals surface area contributed by atoms with E-state index in [4.69, 9.17) is 0 Å². The van der Waals surface area contributed by atoms with Crippen molar-refractivity contribution in [3.63, 3.8) is 0 Å². The zero-order valence-electron chi connectivity index (χ0n) is 7.92. The summed E-state index contributed by atoms with van der Waals surface area (Å²) in [5, 5.41) is 0. The summed E-state index contributed by atoms with van der Waals surface area (Å²) in [6.45, 7) is 6.55. The lowest BCUT2D eigenvalue weighted by Gasteiger charge is -2.19. The molecule has 0 spiro atoms. The molecule has 0 aromatic carbocycles. The van der Waals surface area contributed by atoms with E-state index < -0.39 is 0 Å². The van der Waals surface area contributed by atoms with Crippen LogP contribution in [0.1, 0.15) is 13.8 Å². The van der Waals surface area contributed by atoms with E-state index in [-0.39, 0.29) is 5.91 Å². The van der Waals surface area contributed by atoms with Crippen LogP contribution in [0.5, 0.6) is 0 Å². The molecular weight excluding hydrogens is 140 g/mol. The second kappa shape index (κ2) is 5.13. The van der Waals surface area contributed by atoms with E-state index in [9.17, 15) is 4.79 Å². The van der Waals surface area contributed by atoms with E-state index in [1.165, 1.54) is 0 Å². The van der Waals surface area contributed by atoms with Crippen molar-refractivity contribution in [2.75, 3.05) is 33.7 Å². The summed E-state index contributed by atoms with van der Waals surface area (Å²) in [6.07, 6.45) is 0. The molecule has 3 heteroatoms. The number of carbonyl (C=O) groups is 1. The zero-order chi connectivity index (χ0) is 8.85. The van der Waals surface area contributed by atoms with E-state index in [1.807, 2.05) is 0 Å². The fourth-order valence-electron chi connectivity index (χ4n) is 0.780. The lowest BCUT2D eigenvalue weighted by Crippen LogP contribution is -2.36. The summed E-state index contributed by atoms with van der Waals surface area (Å²) in [5.74, 6) is 0.175. The smallest absolute Gasteiger partial charge is 0.236 e. The Labute approximate surface area is 69.0 Å². The van der Waals surface area contributed by atoms with Gasteiger partial charge in [0.1, 0.15) is 0 Å². The molecule has 0 fully saturated rings. The Morgan fingerprint density at radius 1 is 1.18 bits per heavy atom. The first-order valence-corrected chi connectivity index (χ1v) is 4.04. The van der Waals surface area contributed by atoms with Gasteiger partial charge in [-0.3, -0.25) is 9.69 Å². The minimum atomic E-state index is 0.175. The lowest BCUT2D eigenvalue weighted by molar-refractivity contribution is -0.129. The van der Waals surface area contributed by atoms with Gasteiger partial charge in [0.2, 0.25) is 5.91 Å². The molecule has 3 nitrogen and oxygen atoms in total. The van der Waals surface area contributed by atoms with Crippen molar-refractivity contribution in [3.8, 4) is 0 Å². The highest BCUT2D eigenvalue weighted by atomic mass is 16.2. The van der Waals surface area contributed by atoms with Gasteiger partial charge in [-0.25, -0.2) is 0 Å². The topological polar surface area (TPSA) is 23.6 Å². The molecule has 0 aromatic heterocycles. The van der Waals surface area contributed by atoms with Gasteiger partial charge in [-0.15, -0.1) is 0 Å². The van der Waals surface area contributed by atoms with Crippen LogP contribution in [0.15, 0.2) is 0 Å². The Balaban J connectivity index is 3.72. The van der Waals surface area contributed by atoms with Crippen molar-refractivity contribution in [1.29, 1.82) is 0 Å². The Morgan fingerprint density at radius 3 is 1.91 bits per heavy atom. The molecule has 0 aliphatic rings. The third-order valence-corrected chi connectivity index (χ3v) is 1.75. The summed E-state index contributed by atoms with van der Waals surface area (Å²) in [5.41, 5.74) is 0. The van der Waals surface area contributed by atoms with E-state index in [0.717, 1.165) is 13.1 Å². The number of hydrogen-bond donors (Lipinski definition) is 0. The third kappa shape index (κ3) is 3.98. The summed E-state index contributed by atoms with van der Waals surface area (Å²) in [4.78, 5) is 14.9. The molecule has 0 unspecified atom stereocenters. The van der Waals surface area contributed by atoms with E-state index in [1.54, 1.807) is 19.0 Å². The van der Waals surface area contributed by atoms with Crippen LogP contribution in [0, 0.1) is 0 Å². The lowest BCUT2D eigenvalue weighted by atomic mass is 10.4. The van der Waals surface area contributed by atoms with Gasteiger partial charge in [0.25, 0.3) is 0 Å². The fraction of sp³-hybridized carbons (Fsp3) is 0.875. The highest BCUT2D eigenvalue weighted by Gasteiger charge is 2.07. The molecule has 66 valence electrons. The molecule has 0 rings (SSSR count). The van der Waals surface area contributed by atoms with Crippen molar-refractivity contribution >= 4 is 5.91 Å². The van der Waals surface area contributed by atoms with Gasteiger partial charge in [0.05, 0.1) is 6.54 Å². The third-order valence-electron chi connectivity index (χ3n) is 1.75. The quantitative estimate of drug-likeness (QED) is 0.592. The minimum absolute atomic E-state index is 0.175. The maximum atomic E-state index is 11.2. The molecule has 1 amide bonds. The molecule has 0 atom stereocenters. The van der Waals surface area contributed by atoms with Crippen molar-refractivity contribution in [2.24, 2.45) is 0 Å². The molecule has 0 saturated carbocycles. The number of carbonyl (C=O) groups excluding carboxylic acids is 1. The predicted octanol–water partition coefficient (Wildman–Crippen LogP) is 0.416. The van der Waals surface area contributed by atoms with Crippen LogP contribution in [0.3, 0.4) is 0 Å². The van der Waals surface area contributed by atoms with Crippen molar-refractivity contribution in [2.45, 2.75) is 13.8 Å². The van der Waals surface area contributed by atoms with Crippen LogP contribution in [-0.2, 0) is 4.79 Å². The number of amides is 1. The van der Waals surface area contributed by atoms with Gasteiger partial charge < -0.3 is 4.90 Å². The second-order valence-electron chi connectivity index (χ2n) is 2.75. The van der Waals surface area contributed by atoms with E-state index >= 15 is 0 Å². The van der Waals surface area contributed by atoms with Crippen LogP contribution < -0.4 is 0 Å². The van der Waals surface area contributed by atoms with Gasteiger partial charge in [-0.1, -0.05) is 13.8 Å². The monoisotopic (exact) mass is 158 g/mol. The van der Waals surface area contributed by atoms with Gasteiger partial charge in [0, 0.05) is 14.1 Å². The Morgan fingerprint density at radius 2 is 1.64 bits per heavy atom. The van der Waals surface area contributed by atoms with Gasteiger partial charge in [0.15, 0.2) is 0 Å². The number of nitrogens with zero attached hydrogens (tertiary/aromatic N) is 2. The SMILES string of the molecule is CCN(CC)CC(=O)N(C)C. The van der Waals surface area contributed by atoms with Gasteiger partial charge >= 0.3 is 0 Å². The normalized spacial score (nSPS) is 10.3. The molecule has 0 bridgehead atoms. The van der Waals surface area contributed by atoms with Crippen LogP contribution in [0.4, 0.5) is 0 Å². The highest BCUT2D eigenvalue weighted by molar-refractivity contribution is 5.77. The molecule has 0 saturated heterocycles. The van der Waals surface area contributed by atoms with E-state index in [2.05, 4.69) is 18.7 Å². The number of rotatable bonds is 4. The zero-order valence-corrected chi connectivity index (χ0v) is 7.92. The standard InChI is InChI=1S/C8H18N2O/c1-5-10(6-2)7-8(11)9(3)4/h5-7H2,1-4H3. The molecule has 0 radical (unpaired) electrons. The van der Waals surface area contributed by atoms with Crippen molar-refractivity contribution in [3.05, 3.63) is 0 Å². The predicted molar refractivity (Wildman–Crippen MR) is 46.5 cm³/mol. The summed E-state index contributed by atoms with van der Waals surface area (Å²) in [7, 11) is 3.57. The second-order valence-corrected chi connectivity index (χ2v) is 2.75. The summed E-state index contributed by atoms with van der Waals surface area (Å²) in [6, 6.07) is 0. The maximum Gasteiger partial charge on any atom is 0.236 e. The Bertz CT molecular complexity index is 119. The molecule has 0 heterocycles. The summed E-state index contributed by atoms with van der Waals surface area (Å²) < 4.78 is 0. The van der Waals surface area contributed by atoms with Crippen LogP contribution in [-0.4, -0.2) is 49.4 Å². The van der Waals surface area contributed by atoms with Crippen LogP contribution >= 0.6 is 0 Å². The van der Waals surface area contributed by atoms with Crippen LogP contribution in [0.2, 0.25) is 0 Å². The highest BCUT2D eigenvalue weighted by Crippen LogP contribution is 1.88. The molecule has 11 heavy (non-hydrogen) atoms. The molecular formula is C8H18N2O. The van der Waals surface area contributed by atoms with E-state index in [0.29, 0.717) is 6.54 Å². The molecule has 0 aromatic rings. The average Bonchev–Trinajstić information content (AvgIpc) is 1.99. The van der Waals surface area contributed by atoms with Gasteiger partial charge in [-0.2, -0.15) is 0 Å². The van der Waals surface area contributed by atoms with Crippen molar-refractivity contribution < 1.29 is 4.79 Å². The maximum absolute atomic E-state index is 11.2. The van der Waals surface area contributed by atoms with Crippen LogP contribution in [0.25, 0.3) is 0 Å². The Kier molecular flexibility index (Phi) is 4.86. The first-order valence-electron chi connectivity index (χ1n) is 4.04. The Hall–Kier alpha value is -0.570. The average molecular weight is 158 g/mol. The number of likely N-dealkylation sites (N-methyl/N-ethyl adjacent to an activating group) is 2. The molecule has 0 aliphatic carbocycles. The van der Waals surface area contributed by atoms with Crippen molar-refractivity contribution in [1.82, 2.24) is 9.80 Å². The fourth-order valence-corrected chi connectivity index (χ4v) is 0.780. The first kappa shape index (κ1) is 10.4. The molecule has 0 N–H and O–H groups in total. The number of hydrogen-bond acceptors (Lipinski definition) is 2. The molecule has 0 aliphatic heterocycles. The van der Waals surface area contributed by atoms with Gasteiger partial charge in [-0.05, 0) is 13.1 Å². The first-order chi connectivity index (χ1) is 5.11.